The molecule has 20 heavy (non-hydrogen) atoms. The number of nitrogens with two attached hydrogens (primary N) is 1. The summed E-state index contributed by atoms with van der Waals surface area (Å²) in [6.45, 7) is 3.77. The predicted molar refractivity (Wildman–Crippen MR) is 80.2 cm³/mol. The molecule has 7 heteroatoms. The number of halogens is 1. The van der Waals surface area contributed by atoms with E-state index in [1.807, 2.05) is 0 Å². The average molecular weight is 344 g/mol. The van der Waals surface area contributed by atoms with Gasteiger partial charge in [0.05, 0.1) is 12.7 Å². The van der Waals surface area contributed by atoms with Gasteiger partial charge in [0.15, 0.2) is 0 Å². The Hall–Kier alpha value is -1.76. The van der Waals surface area contributed by atoms with Gasteiger partial charge in [0.25, 0.3) is 5.91 Å². The maximum Gasteiger partial charge on any atom is 0.255 e. The molecule has 0 spiro atoms. The molecule has 0 fully saturated rings. The largest absolute Gasteiger partial charge is 0.496 e. The number of hydrogen-bond donors (Lipinski definition) is 3. The van der Waals surface area contributed by atoms with E-state index in [0.29, 0.717) is 11.3 Å². The fourth-order valence-corrected chi connectivity index (χ4v) is 1.82. The molecule has 110 valence electrons. The summed E-state index contributed by atoms with van der Waals surface area (Å²) in [5.74, 6) is 0.243. The number of ether oxygens (including phenoxy) is 1. The van der Waals surface area contributed by atoms with Crippen molar-refractivity contribution in [1.29, 1.82) is 0 Å². The standard InChI is InChI=1S/C13H18BrN3O3/c1-13(2,12(15)17-19)7-16-11(18)9-5-4-8(14)6-10(9)20-3/h4-6,19H,7H2,1-3H3,(H2,15,17)(H,16,18). The van der Waals surface area contributed by atoms with E-state index in [1.165, 1.54) is 7.11 Å². The second kappa shape index (κ2) is 6.60. The molecule has 0 aliphatic carbocycles. The number of methoxy groups -OCH3 is 1. The van der Waals surface area contributed by atoms with Crippen molar-refractivity contribution in [3.8, 4) is 5.75 Å². The Balaban J connectivity index is 2.83. The van der Waals surface area contributed by atoms with Crippen LogP contribution in [-0.2, 0) is 0 Å². The Morgan fingerprint density at radius 3 is 2.75 bits per heavy atom. The zero-order valence-corrected chi connectivity index (χ0v) is 13.2. The quantitative estimate of drug-likeness (QED) is 0.329. The minimum Gasteiger partial charge on any atom is -0.496 e. The van der Waals surface area contributed by atoms with Gasteiger partial charge >= 0.3 is 0 Å². The van der Waals surface area contributed by atoms with E-state index in [4.69, 9.17) is 15.7 Å². The molecule has 0 unspecified atom stereocenters. The molecule has 0 aliphatic rings. The summed E-state index contributed by atoms with van der Waals surface area (Å²) in [6.07, 6.45) is 0. The van der Waals surface area contributed by atoms with Crippen molar-refractivity contribution in [2.45, 2.75) is 13.8 Å². The SMILES string of the molecule is COc1cc(Br)ccc1C(=O)NCC(C)(C)/C(N)=N/O. The molecule has 0 aliphatic heterocycles. The van der Waals surface area contributed by atoms with Crippen molar-refractivity contribution in [2.24, 2.45) is 16.3 Å². The summed E-state index contributed by atoms with van der Waals surface area (Å²) in [7, 11) is 1.50. The molecule has 1 aromatic rings. The number of benzene rings is 1. The topological polar surface area (TPSA) is 96.9 Å². The predicted octanol–water partition coefficient (Wildman–Crippen LogP) is 1.96. The summed E-state index contributed by atoms with van der Waals surface area (Å²) in [5, 5.41) is 14.4. The number of nitrogens with zero attached hydrogens (tertiary/aromatic N) is 1. The van der Waals surface area contributed by atoms with Crippen molar-refractivity contribution in [3.63, 3.8) is 0 Å². The highest BCUT2D eigenvalue weighted by Crippen LogP contribution is 2.23. The fourth-order valence-electron chi connectivity index (χ4n) is 1.48. The number of hydrogen-bond acceptors (Lipinski definition) is 4. The summed E-state index contributed by atoms with van der Waals surface area (Å²) in [5.41, 5.74) is 5.35. The van der Waals surface area contributed by atoms with Gasteiger partial charge in [0.1, 0.15) is 11.6 Å². The Morgan fingerprint density at radius 1 is 1.55 bits per heavy atom. The van der Waals surface area contributed by atoms with Crippen molar-refractivity contribution in [2.75, 3.05) is 13.7 Å². The smallest absolute Gasteiger partial charge is 0.255 e. The van der Waals surface area contributed by atoms with E-state index in [0.717, 1.165) is 4.47 Å². The zero-order valence-electron chi connectivity index (χ0n) is 11.6. The summed E-state index contributed by atoms with van der Waals surface area (Å²) < 4.78 is 5.99. The van der Waals surface area contributed by atoms with Gasteiger partial charge in [-0.25, -0.2) is 0 Å². The van der Waals surface area contributed by atoms with Crippen LogP contribution in [0.15, 0.2) is 27.8 Å². The third-order valence-corrected chi connectivity index (χ3v) is 3.39. The Kier molecular flexibility index (Phi) is 5.38. The molecule has 4 N–H and O–H groups in total. The monoisotopic (exact) mass is 343 g/mol. The van der Waals surface area contributed by atoms with E-state index in [1.54, 1.807) is 32.0 Å². The fraction of sp³-hybridized carbons (Fsp3) is 0.385. The summed E-state index contributed by atoms with van der Waals surface area (Å²) >= 11 is 3.31. The molecule has 0 saturated heterocycles. The van der Waals surface area contributed by atoms with Crippen LogP contribution >= 0.6 is 15.9 Å². The van der Waals surface area contributed by atoms with Crippen LogP contribution in [0.4, 0.5) is 0 Å². The van der Waals surface area contributed by atoms with Crippen molar-refractivity contribution >= 4 is 27.7 Å². The Morgan fingerprint density at radius 2 is 2.20 bits per heavy atom. The number of nitrogens with one attached hydrogen (secondary N) is 1. The molecule has 6 nitrogen and oxygen atoms in total. The van der Waals surface area contributed by atoms with Crippen LogP contribution in [0, 0.1) is 5.41 Å². The molecule has 0 bridgehead atoms. The molecule has 1 rings (SSSR count). The lowest BCUT2D eigenvalue weighted by atomic mass is 9.92. The number of carbonyl (C=O) groups excluding carboxylic acids is 1. The summed E-state index contributed by atoms with van der Waals surface area (Å²) in [6, 6.07) is 5.13. The summed E-state index contributed by atoms with van der Waals surface area (Å²) in [4.78, 5) is 12.1. The molecular weight excluding hydrogens is 326 g/mol. The van der Waals surface area contributed by atoms with Crippen LogP contribution in [0.1, 0.15) is 24.2 Å². The highest BCUT2D eigenvalue weighted by atomic mass is 79.9. The normalized spacial score (nSPS) is 12.1. The van der Waals surface area contributed by atoms with Crippen LogP contribution in [0.25, 0.3) is 0 Å². The molecule has 1 amide bonds. The zero-order chi connectivity index (χ0) is 15.3. The van der Waals surface area contributed by atoms with Crippen LogP contribution in [0.3, 0.4) is 0 Å². The number of carbonyl (C=O) groups is 1. The minimum atomic E-state index is -0.646. The lowest BCUT2D eigenvalue weighted by Gasteiger charge is -2.23. The van der Waals surface area contributed by atoms with Gasteiger partial charge < -0.3 is 21.0 Å². The van der Waals surface area contributed by atoms with Gasteiger partial charge in [-0.15, -0.1) is 0 Å². The molecule has 1 aromatic carbocycles. The van der Waals surface area contributed by atoms with Crippen LogP contribution in [0.5, 0.6) is 5.75 Å². The van der Waals surface area contributed by atoms with Crippen LogP contribution in [-0.4, -0.2) is 30.6 Å². The Bertz CT molecular complexity index is 530. The van der Waals surface area contributed by atoms with E-state index >= 15 is 0 Å². The van der Waals surface area contributed by atoms with E-state index in [-0.39, 0.29) is 18.3 Å². The van der Waals surface area contributed by atoms with E-state index in [9.17, 15) is 4.79 Å². The lowest BCUT2D eigenvalue weighted by molar-refractivity contribution is 0.0941. The van der Waals surface area contributed by atoms with Gasteiger partial charge in [-0.3, -0.25) is 4.79 Å². The third-order valence-electron chi connectivity index (χ3n) is 2.90. The lowest BCUT2D eigenvalue weighted by Crippen LogP contribution is -2.42. The van der Waals surface area contributed by atoms with E-state index in [2.05, 4.69) is 26.4 Å². The molecule has 0 saturated carbocycles. The minimum absolute atomic E-state index is 0.0561. The molecule has 0 heterocycles. The molecule has 0 aromatic heterocycles. The van der Waals surface area contributed by atoms with Gasteiger partial charge in [0.2, 0.25) is 0 Å². The van der Waals surface area contributed by atoms with Crippen LogP contribution in [0.2, 0.25) is 0 Å². The molecular formula is C13H18BrN3O3. The third kappa shape index (κ3) is 3.86. The highest BCUT2D eigenvalue weighted by Gasteiger charge is 2.25. The number of oxime groups is 1. The average Bonchev–Trinajstić information content (AvgIpc) is 2.43. The molecule has 0 atom stereocenters. The van der Waals surface area contributed by atoms with Crippen LogP contribution < -0.4 is 15.8 Å². The first kappa shape index (κ1) is 16.3. The van der Waals surface area contributed by atoms with Crippen molar-refractivity contribution in [3.05, 3.63) is 28.2 Å². The van der Waals surface area contributed by atoms with Crippen molar-refractivity contribution < 1.29 is 14.7 Å². The first-order chi connectivity index (χ1) is 9.31. The highest BCUT2D eigenvalue weighted by molar-refractivity contribution is 9.10. The maximum absolute atomic E-state index is 12.1. The first-order valence-corrected chi connectivity index (χ1v) is 6.71. The maximum atomic E-state index is 12.1. The number of amides is 1. The van der Waals surface area contributed by atoms with Gasteiger partial charge in [0, 0.05) is 16.4 Å². The van der Waals surface area contributed by atoms with Gasteiger partial charge in [-0.05, 0) is 18.2 Å². The second-order valence-electron chi connectivity index (χ2n) is 4.90. The Labute approximate surface area is 126 Å². The van der Waals surface area contributed by atoms with E-state index < -0.39 is 5.41 Å². The van der Waals surface area contributed by atoms with Crippen molar-refractivity contribution in [1.82, 2.24) is 5.32 Å². The molecule has 0 radical (unpaired) electrons. The van der Waals surface area contributed by atoms with Gasteiger partial charge in [-0.1, -0.05) is 34.9 Å². The number of amidine groups is 1. The van der Waals surface area contributed by atoms with Gasteiger partial charge in [-0.2, -0.15) is 0 Å². The first-order valence-electron chi connectivity index (χ1n) is 5.91. The number of rotatable bonds is 5. The second-order valence-corrected chi connectivity index (χ2v) is 5.81.